The van der Waals surface area contributed by atoms with Crippen molar-refractivity contribution in [1.29, 1.82) is 0 Å². The first-order chi connectivity index (χ1) is 16.0. The molecule has 1 aliphatic heterocycles. The predicted molar refractivity (Wildman–Crippen MR) is 126 cm³/mol. The van der Waals surface area contributed by atoms with Gasteiger partial charge in [0.25, 0.3) is 0 Å². The van der Waals surface area contributed by atoms with E-state index in [4.69, 9.17) is 20.9 Å². The molecule has 0 saturated carbocycles. The van der Waals surface area contributed by atoms with Gasteiger partial charge in [0.05, 0.1) is 25.1 Å². The van der Waals surface area contributed by atoms with Crippen LogP contribution in [-0.2, 0) is 11.2 Å². The van der Waals surface area contributed by atoms with Crippen LogP contribution in [0.4, 0.5) is 11.5 Å². The second-order valence-electron chi connectivity index (χ2n) is 8.01. The average Bonchev–Trinajstić information content (AvgIpc) is 2.84. The van der Waals surface area contributed by atoms with E-state index in [1.807, 2.05) is 37.3 Å². The van der Waals surface area contributed by atoms with Crippen LogP contribution in [0.2, 0.25) is 0 Å². The Balaban J connectivity index is 1.57. The molecule has 172 valence electrons. The summed E-state index contributed by atoms with van der Waals surface area (Å²) in [4.78, 5) is 28.4. The summed E-state index contributed by atoms with van der Waals surface area (Å²) in [6.07, 6.45) is 5.13. The van der Waals surface area contributed by atoms with E-state index in [9.17, 15) is 4.79 Å². The molecule has 1 unspecified atom stereocenters. The Labute approximate surface area is 192 Å². The van der Waals surface area contributed by atoms with Crippen LogP contribution in [-0.4, -0.2) is 59.7 Å². The van der Waals surface area contributed by atoms with Crippen molar-refractivity contribution >= 4 is 17.3 Å². The maximum atomic E-state index is 13.2. The molecule has 4 rings (SSSR count). The number of morpholine rings is 1. The van der Waals surface area contributed by atoms with Crippen LogP contribution >= 0.6 is 0 Å². The highest BCUT2D eigenvalue weighted by Gasteiger charge is 2.20. The van der Waals surface area contributed by atoms with Crippen LogP contribution in [0.1, 0.15) is 23.0 Å². The molecule has 9 heteroatoms. The molecule has 0 bridgehead atoms. The summed E-state index contributed by atoms with van der Waals surface area (Å²) in [5, 5.41) is 0. The number of hydrogen-bond donors (Lipinski definition) is 2. The van der Waals surface area contributed by atoms with Gasteiger partial charge in [-0.1, -0.05) is 12.1 Å². The number of hydrogen-bond acceptors (Lipinski definition) is 9. The minimum absolute atomic E-state index is 0.0796. The molecule has 2 aromatic heterocycles. The van der Waals surface area contributed by atoms with Crippen LogP contribution in [0.5, 0.6) is 5.75 Å². The van der Waals surface area contributed by atoms with Crippen molar-refractivity contribution in [2.24, 2.45) is 5.73 Å². The lowest BCUT2D eigenvalue weighted by atomic mass is 10.1. The van der Waals surface area contributed by atoms with E-state index in [2.05, 4.69) is 19.9 Å². The number of carbonyl (C=O) groups is 1. The van der Waals surface area contributed by atoms with Gasteiger partial charge in [0, 0.05) is 54.8 Å². The van der Waals surface area contributed by atoms with Crippen LogP contribution in [0.15, 0.2) is 48.9 Å². The summed E-state index contributed by atoms with van der Waals surface area (Å²) >= 11 is 0. The van der Waals surface area contributed by atoms with Gasteiger partial charge in [-0.05, 0) is 25.1 Å². The van der Waals surface area contributed by atoms with Crippen molar-refractivity contribution in [1.82, 2.24) is 15.0 Å². The average molecular weight is 449 g/mol. The second-order valence-corrected chi connectivity index (χ2v) is 8.01. The molecule has 1 aliphatic rings. The Morgan fingerprint density at radius 1 is 1.24 bits per heavy atom. The molecule has 3 aromatic rings. The minimum Gasteiger partial charge on any atom is -0.492 e. The molecule has 0 amide bonds. The minimum atomic E-state index is -0.214. The first kappa shape index (κ1) is 22.6. The molecule has 0 spiro atoms. The normalized spacial score (nSPS) is 14.7. The fraction of sp³-hybridized carbons (Fsp3) is 0.333. The zero-order chi connectivity index (χ0) is 23.2. The quantitative estimate of drug-likeness (QED) is 0.498. The summed E-state index contributed by atoms with van der Waals surface area (Å²) in [6, 6.07) is 9.27. The molecule has 1 aromatic carbocycles. The Morgan fingerprint density at radius 2 is 2.06 bits per heavy atom. The topological polar surface area (TPSA) is 129 Å². The summed E-state index contributed by atoms with van der Waals surface area (Å²) in [5.41, 5.74) is 15.1. The standard InChI is InChI=1S/C24H28N6O3/c1-16(25)15-33-19-4-2-3-17(11-19)20-14-28-24(26)23(29-20)22(31)12-18-13-27-6-5-21(18)30-7-9-32-10-8-30/h2-6,11,13-14,16H,7-10,12,15,25H2,1H3,(H2,26,28). The molecule has 1 saturated heterocycles. The zero-order valence-corrected chi connectivity index (χ0v) is 18.6. The second kappa shape index (κ2) is 10.4. The van der Waals surface area contributed by atoms with Crippen molar-refractivity contribution in [3.05, 3.63) is 60.2 Å². The first-order valence-electron chi connectivity index (χ1n) is 10.9. The highest BCUT2D eigenvalue weighted by Crippen LogP contribution is 2.25. The molecule has 33 heavy (non-hydrogen) atoms. The number of benzene rings is 1. The van der Waals surface area contributed by atoms with E-state index in [1.165, 1.54) is 0 Å². The van der Waals surface area contributed by atoms with E-state index in [0.717, 1.165) is 29.9 Å². The number of rotatable bonds is 8. The van der Waals surface area contributed by atoms with E-state index >= 15 is 0 Å². The lowest BCUT2D eigenvalue weighted by Gasteiger charge is -2.30. The van der Waals surface area contributed by atoms with Gasteiger partial charge in [-0.25, -0.2) is 9.97 Å². The van der Waals surface area contributed by atoms with Gasteiger partial charge in [-0.15, -0.1) is 0 Å². The van der Waals surface area contributed by atoms with E-state index in [-0.39, 0.29) is 29.8 Å². The number of carbonyl (C=O) groups excluding carboxylic acids is 1. The summed E-state index contributed by atoms with van der Waals surface area (Å²) in [7, 11) is 0. The molecule has 0 radical (unpaired) electrons. The molecule has 9 nitrogen and oxygen atoms in total. The van der Waals surface area contributed by atoms with Crippen molar-refractivity contribution in [3.63, 3.8) is 0 Å². The number of nitrogen functional groups attached to an aromatic ring is 1. The number of anilines is 2. The summed E-state index contributed by atoms with van der Waals surface area (Å²) in [6.45, 7) is 5.12. The van der Waals surface area contributed by atoms with E-state index in [0.29, 0.717) is 31.3 Å². The predicted octanol–water partition coefficient (Wildman–Crippen LogP) is 2.11. The van der Waals surface area contributed by atoms with Crippen molar-refractivity contribution in [2.75, 3.05) is 43.5 Å². The lowest BCUT2D eigenvalue weighted by molar-refractivity contribution is 0.0988. The number of nitrogens with zero attached hydrogens (tertiary/aromatic N) is 4. The molecule has 1 fully saturated rings. The smallest absolute Gasteiger partial charge is 0.189 e. The SMILES string of the molecule is CC(N)COc1cccc(-c2cnc(N)c(C(=O)Cc3cnccc3N3CCOCC3)n2)c1. The van der Waals surface area contributed by atoms with Gasteiger partial charge in [0.2, 0.25) is 0 Å². The fourth-order valence-electron chi connectivity index (χ4n) is 3.64. The number of pyridine rings is 1. The van der Waals surface area contributed by atoms with E-state index < -0.39 is 0 Å². The Hall–Kier alpha value is -3.56. The van der Waals surface area contributed by atoms with Gasteiger partial charge in [0.1, 0.15) is 18.1 Å². The molecular formula is C24H28N6O3. The number of ether oxygens (including phenoxy) is 2. The van der Waals surface area contributed by atoms with Crippen LogP contribution in [0.3, 0.4) is 0 Å². The van der Waals surface area contributed by atoms with Crippen molar-refractivity contribution in [3.8, 4) is 17.0 Å². The van der Waals surface area contributed by atoms with Gasteiger partial charge < -0.3 is 25.8 Å². The summed E-state index contributed by atoms with van der Waals surface area (Å²) in [5.74, 6) is 0.556. The Morgan fingerprint density at radius 3 is 2.85 bits per heavy atom. The number of nitrogens with two attached hydrogens (primary N) is 2. The van der Waals surface area contributed by atoms with Crippen LogP contribution in [0, 0.1) is 0 Å². The molecule has 1 atom stereocenters. The highest BCUT2D eigenvalue weighted by molar-refractivity contribution is 6.00. The lowest BCUT2D eigenvalue weighted by Crippen LogP contribution is -2.37. The monoisotopic (exact) mass is 448 g/mol. The number of ketones is 1. The largest absolute Gasteiger partial charge is 0.492 e. The van der Waals surface area contributed by atoms with Gasteiger partial charge in [-0.2, -0.15) is 0 Å². The van der Waals surface area contributed by atoms with Crippen molar-refractivity contribution in [2.45, 2.75) is 19.4 Å². The molecule has 3 heterocycles. The van der Waals surface area contributed by atoms with Crippen LogP contribution in [0.25, 0.3) is 11.3 Å². The maximum Gasteiger partial charge on any atom is 0.189 e. The van der Waals surface area contributed by atoms with Crippen molar-refractivity contribution < 1.29 is 14.3 Å². The number of Topliss-reactive ketones (excluding diaryl/α,β-unsaturated/α-hetero) is 1. The fourth-order valence-corrected chi connectivity index (χ4v) is 3.64. The third-order valence-corrected chi connectivity index (χ3v) is 5.29. The number of aromatic nitrogens is 3. The zero-order valence-electron chi connectivity index (χ0n) is 18.6. The maximum absolute atomic E-state index is 13.2. The van der Waals surface area contributed by atoms with Crippen LogP contribution < -0.4 is 21.1 Å². The first-order valence-corrected chi connectivity index (χ1v) is 10.9. The summed E-state index contributed by atoms with van der Waals surface area (Å²) < 4.78 is 11.1. The van der Waals surface area contributed by atoms with Gasteiger partial charge in [-0.3, -0.25) is 9.78 Å². The Kier molecular flexibility index (Phi) is 7.11. The molecular weight excluding hydrogens is 420 g/mol. The highest BCUT2D eigenvalue weighted by atomic mass is 16.5. The third-order valence-electron chi connectivity index (χ3n) is 5.29. The van der Waals surface area contributed by atoms with Gasteiger partial charge in [0.15, 0.2) is 11.6 Å². The van der Waals surface area contributed by atoms with E-state index in [1.54, 1.807) is 18.6 Å². The molecule has 4 N–H and O–H groups in total. The molecule has 0 aliphatic carbocycles. The van der Waals surface area contributed by atoms with Gasteiger partial charge >= 0.3 is 0 Å². The Bertz CT molecular complexity index is 1110. The third kappa shape index (κ3) is 5.63.